The fourth-order valence-corrected chi connectivity index (χ4v) is 2.56. The summed E-state index contributed by atoms with van der Waals surface area (Å²) in [6.45, 7) is 0.535. The van der Waals surface area contributed by atoms with Gasteiger partial charge < -0.3 is 10.1 Å². The maximum atomic E-state index is 9.35. The highest BCUT2D eigenvalue weighted by atomic mass is 32.2. The average molecular weight is 284 g/mol. The standard InChI is InChI=1S/C16H16N2OS/c1-19-11-12-6-3-4-7-14(12)18-15-8-5-9-16(20-2)13(15)10-17/h3-9,18H,11H2,1-2H3. The quantitative estimate of drug-likeness (QED) is 0.837. The first-order valence-electron chi connectivity index (χ1n) is 6.21. The van der Waals surface area contributed by atoms with E-state index in [-0.39, 0.29) is 0 Å². The molecule has 102 valence electrons. The van der Waals surface area contributed by atoms with E-state index >= 15 is 0 Å². The van der Waals surface area contributed by atoms with Gasteiger partial charge in [0, 0.05) is 23.3 Å². The largest absolute Gasteiger partial charge is 0.380 e. The molecular formula is C16H16N2OS. The molecule has 20 heavy (non-hydrogen) atoms. The number of anilines is 2. The summed E-state index contributed by atoms with van der Waals surface area (Å²) >= 11 is 1.57. The maximum Gasteiger partial charge on any atom is 0.103 e. The highest BCUT2D eigenvalue weighted by Gasteiger charge is 2.09. The van der Waals surface area contributed by atoms with Crippen molar-refractivity contribution < 1.29 is 4.74 Å². The molecule has 3 nitrogen and oxygen atoms in total. The molecule has 0 bridgehead atoms. The van der Waals surface area contributed by atoms with Crippen LogP contribution in [0.2, 0.25) is 0 Å². The number of nitrogens with one attached hydrogen (secondary N) is 1. The third-order valence-corrected chi connectivity index (χ3v) is 3.72. The normalized spacial score (nSPS) is 10.1. The molecular weight excluding hydrogens is 268 g/mol. The first-order chi connectivity index (χ1) is 9.80. The van der Waals surface area contributed by atoms with Gasteiger partial charge in [-0.25, -0.2) is 0 Å². The third kappa shape index (κ3) is 3.13. The number of nitrogens with zero attached hydrogens (tertiary/aromatic N) is 1. The Labute approximate surface area is 123 Å². The number of thioether (sulfide) groups is 1. The van der Waals surface area contributed by atoms with Gasteiger partial charge in [0.05, 0.1) is 17.9 Å². The lowest BCUT2D eigenvalue weighted by atomic mass is 10.1. The molecule has 0 aliphatic carbocycles. The summed E-state index contributed by atoms with van der Waals surface area (Å²) in [7, 11) is 1.67. The number of rotatable bonds is 5. The number of para-hydroxylation sites is 1. The maximum absolute atomic E-state index is 9.35. The van der Waals surface area contributed by atoms with Gasteiger partial charge in [-0.05, 0) is 24.5 Å². The Morgan fingerprint density at radius 3 is 2.60 bits per heavy atom. The molecule has 0 radical (unpaired) electrons. The van der Waals surface area contributed by atoms with E-state index in [0.717, 1.165) is 21.8 Å². The van der Waals surface area contributed by atoms with Crippen LogP contribution in [-0.4, -0.2) is 13.4 Å². The molecule has 2 rings (SSSR count). The van der Waals surface area contributed by atoms with Gasteiger partial charge in [-0.2, -0.15) is 5.26 Å². The highest BCUT2D eigenvalue weighted by Crippen LogP contribution is 2.29. The van der Waals surface area contributed by atoms with Crippen molar-refractivity contribution in [3.63, 3.8) is 0 Å². The Bertz CT molecular complexity index is 635. The topological polar surface area (TPSA) is 45.0 Å². The second kappa shape index (κ2) is 6.99. The molecule has 0 unspecified atom stereocenters. The zero-order valence-corrected chi connectivity index (χ0v) is 12.3. The van der Waals surface area contributed by atoms with Crippen LogP contribution >= 0.6 is 11.8 Å². The third-order valence-electron chi connectivity index (χ3n) is 2.94. The Hall–Kier alpha value is -1.96. The van der Waals surface area contributed by atoms with E-state index in [9.17, 15) is 5.26 Å². The lowest BCUT2D eigenvalue weighted by Gasteiger charge is -2.14. The van der Waals surface area contributed by atoms with Crippen molar-refractivity contribution in [3.05, 3.63) is 53.6 Å². The van der Waals surface area contributed by atoms with Gasteiger partial charge >= 0.3 is 0 Å². The van der Waals surface area contributed by atoms with Crippen LogP contribution in [0.5, 0.6) is 0 Å². The van der Waals surface area contributed by atoms with E-state index in [2.05, 4.69) is 11.4 Å². The number of nitriles is 1. The number of methoxy groups -OCH3 is 1. The Morgan fingerprint density at radius 2 is 1.90 bits per heavy atom. The molecule has 0 aliphatic heterocycles. The predicted molar refractivity (Wildman–Crippen MR) is 83.4 cm³/mol. The summed E-state index contributed by atoms with van der Waals surface area (Å²) in [5.74, 6) is 0. The summed E-state index contributed by atoms with van der Waals surface area (Å²) in [5, 5.41) is 12.7. The zero-order valence-electron chi connectivity index (χ0n) is 11.5. The molecule has 2 aromatic carbocycles. The molecule has 1 N–H and O–H groups in total. The Balaban J connectivity index is 2.38. The first kappa shape index (κ1) is 14.4. The Kier molecular flexibility index (Phi) is 5.05. The van der Waals surface area contributed by atoms with Crippen LogP contribution in [0.3, 0.4) is 0 Å². The number of ether oxygens (including phenoxy) is 1. The predicted octanol–water partition coefficient (Wildman–Crippen LogP) is 4.17. The van der Waals surface area contributed by atoms with Gasteiger partial charge in [-0.1, -0.05) is 24.3 Å². The molecule has 0 spiro atoms. The second-order valence-corrected chi connectivity index (χ2v) is 5.06. The number of hydrogen-bond acceptors (Lipinski definition) is 4. The molecule has 0 fully saturated rings. The molecule has 0 saturated heterocycles. The van der Waals surface area contributed by atoms with Crippen LogP contribution in [-0.2, 0) is 11.3 Å². The minimum atomic E-state index is 0.535. The van der Waals surface area contributed by atoms with Gasteiger partial charge in [0.1, 0.15) is 6.07 Å². The lowest BCUT2D eigenvalue weighted by Crippen LogP contribution is -1.99. The monoisotopic (exact) mass is 284 g/mol. The van der Waals surface area contributed by atoms with Crippen LogP contribution in [0.4, 0.5) is 11.4 Å². The molecule has 0 amide bonds. The summed E-state index contributed by atoms with van der Waals surface area (Å²) in [6, 6.07) is 16.0. The summed E-state index contributed by atoms with van der Waals surface area (Å²) < 4.78 is 5.20. The van der Waals surface area contributed by atoms with Crippen LogP contribution in [0, 0.1) is 11.3 Å². The Morgan fingerprint density at radius 1 is 1.15 bits per heavy atom. The van der Waals surface area contributed by atoms with E-state index in [1.165, 1.54) is 0 Å². The van der Waals surface area contributed by atoms with Crippen LogP contribution in [0.1, 0.15) is 11.1 Å². The molecule has 0 saturated carbocycles. The van der Waals surface area contributed by atoms with E-state index < -0.39 is 0 Å². The average Bonchev–Trinajstić information content (AvgIpc) is 2.49. The fourth-order valence-electron chi connectivity index (χ4n) is 1.99. The van der Waals surface area contributed by atoms with Crippen molar-refractivity contribution in [2.45, 2.75) is 11.5 Å². The van der Waals surface area contributed by atoms with Crippen molar-refractivity contribution in [1.29, 1.82) is 5.26 Å². The van der Waals surface area contributed by atoms with Crippen LogP contribution < -0.4 is 5.32 Å². The lowest BCUT2D eigenvalue weighted by molar-refractivity contribution is 0.185. The smallest absolute Gasteiger partial charge is 0.103 e. The van der Waals surface area contributed by atoms with Crippen molar-refractivity contribution >= 4 is 23.1 Å². The van der Waals surface area contributed by atoms with Crippen molar-refractivity contribution in [2.24, 2.45) is 0 Å². The summed E-state index contributed by atoms with van der Waals surface area (Å²) in [6.07, 6.45) is 1.97. The van der Waals surface area contributed by atoms with Gasteiger partial charge in [0.2, 0.25) is 0 Å². The fraction of sp³-hybridized carbons (Fsp3) is 0.188. The molecule has 0 aromatic heterocycles. The van der Waals surface area contributed by atoms with Gasteiger partial charge in [0.25, 0.3) is 0 Å². The first-order valence-corrected chi connectivity index (χ1v) is 7.43. The molecule has 2 aromatic rings. The van der Waals surface area contributed by atoms with E-state index in [1.807, 2.05) is 48.7 Å². The second-order valence-electron chi connectivity index (χ2n) is 4.21. The summed E-state index contributed by atoms with van der Waals surface area (Å²) in [5.41, 5.74) is 3.52. The minimum absolute atomic E-state index is 0.535. The number of hydrogen-bond donors (Lipinski definition) is 1. The molecule has 0 heterocycles. The highest BCUT2D eigenvalue weighted by molar-refractivity contribution is 7.98. The molecule has 0 atom stereocenters. The van der Waals surface area contributed by atoms with Crippen molar-refractivity contribution in [2.75, 3.05) is 18.7 Å². The molecule has 4 heteroatoms. The van der Waals surface area contributed by atoms with E-state index in [4.69, 9.17) is 4.74 Å². The van der Waals surface area contributed by atoms with Crippen molar-refractivity contribution in [1.82, 2.24) is 0 Å². The van der Waals surface area contributed by atoms with Gasteiger partial charge in [-0.15, -0.1) is 11.8 Å². The summed E-state index contributed by atoms with van der Waals surface area (Å²) in [4.78, 5) is 0.974. The number of benzene rings is 2. The van der Waals surface area contributed by atoms with Crippen LogP contribution in [0.15, 0.2) is 47.4 Å². The van der Waals surface area contributed by atoms with Gasteiger partial charge in [-0.3, -0.25) is 0 Å². The van der Waals surface area contributed by atoms with Crippen molar-refractivity contribution in [3.8, 4) is 6.07 Å². The minimum Gasteiger partial charge on any atom is -0.380 e. The van der Waals surface area contributed by atoms with Crippen LogP contribution in [0.25, 0.3) is 0 Å². The SMILES string of the molecule is COCc1ccccc1Nc1cccc(SC)c1C#N. The van der Waals surface area contributed by atoms with Gasteiger partial charge in [0.15, 0.2) is 0 Å². The van der Waals surface area contributed by atoms with E-state index in [1.54, 1.807) is 18.9 Å². The zero-order chi connectivity index (χ0) is 14.4. The molecule has 0 aliphatic rings. The van der Waals surface area contributed by atoms with E-state index in [0.29, 0.717) is 12.2 Å².